The molecule has 116 valence electrons. The zero-order valence-corrected chi connectivity index (χ0v) is 14.4. The van der Waals surface area contributed by atoms with Crippen LogP contribution in [0.2, 0.25) is 0 Å². The Hall–Kier alpha value is -1.05. The number of carboxylic acid groups (broad SMARTS) is 1. The number of benzene rings is 1. The van der Waals surface area contributed by atoms with Crippen molar-refractivity contribution in [3.05, 3.63) is 27.6 Å². The van der Waals surface area contributed by atoms with Gasteiger partial charge in [-0.3, -0.25) is 0 Å². The van der Waals surface area contributed by atoms with Gasteiger partial charge in [-0.25, -0.2) is 9.18 Å². The summed E-state index contributed by atoms with van der Waals surface area (Å²) in [6.07, 6.45) is -0.723. The Balaban J connectivity index is 2.24. The smallest absolute Gasteiger partial charge is 0.407 e. The maximum Gasteiger partial charge on any atom is 0.407 e. The van der Waals surface area contributed by atoms with E-state index in [4.69, 9.17) is 4.74 Å². The van der Waals surface area contributed by atoms with Gasteiger partial charge in [-0.1, -0.05) is 20.8 Å². The lowest BCUT2D eigenvalue weighted by atomic mass is 9.84. The number of halogens is 2. The number of nitrogens with zero attached hydrogens (tertiary/aromatic N) is 1. The monoisotopic (exact) mass is 407 g/mol. The van der Waals surface area contributed by atoms with Crippen molar-refractivity contribution < 1.29 is 19.0 Å². The molecule has 1 aromatic carbocycles. The Kier molecular flexibility index (Phi) is 4.65. The summed E-state index contributed by atoms with van der Waals surface area (Å²) in [4.78, 5) is 12.8. The summed E-state index contributed by atoms with van der Waals surface area (Å²) in [6, 6.07) is 4.48. The maximum atomic E-state index is 13.9. The molecule has 2 atom stereocenters. The molecule has 6 heteroatoms. The second-order valence-electron chi connectivity index (χ2n) is 6.31. The number of ether oxygens (including phenoxy) is 1. The lowest BCUT2D eigenvalue weighted by molar-refractivity contribution is 0.0555. The standard InChI is InChI=1S/C15H19FINO3/c1-15(2,3)13-12(6-7-18(13)14(19)20)21-11-5-4-9(17)8-10(11)16/h4-5,8,12-13H,6-7H2,1-3H3,(H,19,20). The fraction of sp³-hybridized carbons (Fsp3) is 0.533. The predicted molar refractivity (Wildman–Crippen MR) is 86.1 cm³/mol. The van der Waals surface area contributed by atoms with Crippen LogP contribution in [-0.4, -0.2) is 34.8 Å². The topological polar surface area (TPSA) is 49.8 Å². The minimum Gasteiger partial charge on any atom is -0.485 e. The molecular formula is C15H19FINO3. The molecule has 0 aromatic heterocycles. The molecule has 0 saturated carbocycles. The molecule has 1 N–H and O–H groups in total. The molecule has 1 fully saturated rings. The minimum atomic E-state index is -0.955. The van der Waals surface area contributed by atoms with Gasteiger partial charge in [0.05, 0.1) is 6.04 Å². The first-order chi connectivity index (χ1) is 9.70. The first-order valence-corrected chi connectivity index (χ1v) is 7.89. The lowest BCUT2D eigenvalue weighted by Gasteiger charge is -2.36. The van der Waals surface area contributed by atoms with E-state index in [-0.39, 0.29) is 23.3 Å². The van der Waals surface area contributed by atoms with Gasteiger partial charge in [-0.15, -0.1) is 0 Å². The van der Waals surface area contributed by atoms with Gasteiger partial charge >= 0.3 is 6.09 Å². The fourth-order valence-corrected chi connectivity index (χ4v) is 3.31. The highest BCUT2D eigenvalue weighted by Gasteiger charge is 2.45. The number of likely N-dealkylation sites (tertiary alicyclic amines) is 1. The maximum absolute atomic E-state index is 13.9. The molecule has 1 aliphatic rings. The third-order valence-electron chi connectivity index (χ3n) is 3.65. The molecule has 0 spiro atoms. The summed E-state index contributed by atoms with van der Waals surface area (Å²) in [5, 5.41) is 9.32. The first kappa shape index (κ1) is 16.3. The molecule has 0 radical (unpaired) electrons. The van der Waals surface area contributed by atoms with Crippen LogP contribution in [0.5, 0.6) is 5.75 Å². The molecule has 1 aliphatic heterocycles. The van der Waals surface area contributed by atoms with Crippen molar-refractivity contribution in [3.8, 4) is 5.75 Å². The summed E-state index contributed by atoms with van der Waals surface area (Å²) >= 11 is 2.03. The molecule has 1 saturated heterocycles. The van der Waals surface area contributed by atoms with Crippen molar-refractivity contribution in [2.24, 2.45) is 5.41 Å². The Labute approximate surface area is 137 Å². The van der Waals surface area contributed by atoms with Crippen LogP contribution in [0.4, 0.5) is 9.18 Å². The molecule has 2 unspecified atom stereocenters. The van der Waals surface area contributed by atoms with E-state index in [1.54, 1.807) is 12.1 Å². The third kappa shape index (κ3) is 3.59. The largest absolute Gasteiger partial charge is 0.485 e. The van der Waals surface area contributed by atoms with Crippen molar-refractivity contribution in [3.63, 3.8) is 0 Å². The van der Waals surface area contributed by atoms with Gasteiger partial charge in [0, 0.05) is 16.5 Å². The van der Waals surface area contributed by atoms with Crippen molar-refractivity contribution in [2.75, 3.05) is 6.54 Å². The van der Waals surface area contributed by atoms with Crippen LogP contribution in [0.3, 0.4) is 0 Å². The molecule has 0 aliphatic carbocycles. The van der Waals surface area contributed by atoms with Crippen LogP contribution in [0.1, 0.15) is 27.2 Å². The number of hydrogen-bond donors (Lipinski definition) is 1. The van der Waals surface area contributed by atoms with E-state index in [1.807, 2.05) is 43.4 Å². The molecule has 1 amide bonds. The van der Waals surface area contributed by atoms with Gasteiger partial charge in [-0.2, -0.15) is 0 Å². The van der Waals surface area contributed by atoms with Crippen LogP contribution in [0, 0.1) is 14.8 Å². The van der Waals surface area contributed by atoms with E-state index in [0.717, 1.165) is 3.57 Å². The van der Waals surface area contributed by atoms with E-state index in [2.05, 4.69) is 0 Å². The SMILES string of the molecule is CC(C)(C)C1C(Oc2ccc(I)cc2F)CCN1C(=O)O. The zero-order chi connectivity index (χ0) is 15.8. The minimum absolute atomic E-state index is 0.182. The van der Waals surface area contributed by atoms with Gasteiger partial charge < -0.3 is 14.7 Å². The summed E-state index contributed by atoms with van der Waals surface area (Å²) in [5.74, 6) is -0.231. The first-order valence-electron chi connectivity index (χ1n) is 6.81. The van der Waals surface area contributed by atoms with Crippen molar-refractivity contribution in [1.29, 1.82) is 0 Å². The number of hydrogen-bond acceptors (Lipinski definition) is 2. The quantitative estimate of drug-likeness (QED) is 0.755. The van der Waals surface area contributed by atoms with Crippen molar-refractivity contribution >= 4 is 28.7 Å². The predicted octanol–water partition coefficient (Wildman–Crippen LogP) is 3.98. The van der Waals surface area contributed by atoms with Gasteiger partial charge in [0.2, 0.25) is 0 Å². The lowest BCUT2D eigenvalue weighted by Crippen LogP contribution is -2.48. The molecule has 4 nitrogen and oxygen atoms in total. The molecule has 1 aromatic rings. The highest BCUT2D eigenvalue weighted by Crippen LogP contribution is 2.36. The number of amides is 1. The van der Waals surface area contributed by atoms with E-state index in [1.165, 1.54) is 11.0 Å². The van der Waals surface area contributed by atoms with Crippen LogP contribution in [0.15, 0.2) is 18.2 Å². The third-order valence-corrected chi connectivity index (χ3v) is 4.32. The van der Waals surface area contributed by atoms with Crippen molar-refractivity contribution in [2.45, 2.75) is 39.3 Å². The van der Waals surface area contributed by atoms with E-state index in [9.17, 15) is 14.3 Å². The Morgan fingerprint density at radius 2 is 2.14 bits per heavy atom. The summed E-state index contributed by atoms with van der Waals surface area (Å²) in [6.45, 7) is 6.33. The number of rotatable bonds is 2. The Morgan fingerprint density at radius 1 is 1.48 bits per heavy atom. The average Bonchev–Trinajstić information content (AvgIpc) is 2.76. The van der Waals surface area contributed by atoms with Gasteiger partial charge in [0.15, 0.2) is 11.6 Å². The molecule has 0 bridgehead atoms. The van der Waals surface area contributed by atoms with Crippen LogP contribution < -0.4 is 4.74 Å². The second kappa shape index (κ2) is 5.98. The zero-order valence-electron chi connectivity index (χ0n) is 12.3. The van der Waals surface area contributed by atoms with Crippen LogP contribution in [-0.2, 0) is 0 Å². The highest BCUT2D eigenvalue weighted by molar-refractivity contribution is 14.1. The second-order valence-corrected chi connectivity index (χ2v) is 7.55. The Bertz CT molecular complexity index is 544. The van der Waals surface area contributed by atoms with Crippen LogP contribution >= 0.6 is 22.6 Å². The van der Waals surface area contributed by atoms with E-state index >= 15 is 0 Å². The van der Waals surface area contributed by atoms with Gasteiger partial charge in [-0.05, 0) is 46.2 Å². The molecule has 2 rings (SSSR count). The van der Waals surface area contributed by atoms with Gasteiger partial charge in [0.1, 0.15) is 6.10 Å². The average molecular weight is 407 g/mol. The normalized spacial score (nSPS) is 22.4. The highest BCUT2D eigenvalue weighted by atomic mass is 127. The molecule has 1 heterocycles. The Morgan fingerprint density at radius 3 is 2.67 bits per heavy atom. The summed E-state index contributed by atoms with van der Waals surface area (Å²) in [7, 11) is 0. The van der Waals surface area contributed by atoms with Crippen LogP contribution in [0.25, 0.3) is 0 Å². The summed E-state index contributed by atoms with van der Waals surface area (Å²) < 4.78 is 20.5. The molecular weight excluding hydrogens is 388 g/mol. The number of carbonyl (C=O) groups is 1. The molecule has 21 heavy (non-hydrogen) atoms. The van der Waals surface area contributed by atoms with E-state index in [0.29, 0.717) is 13.0 Å². The fourth-order valence-electron chi connectivity index (χ4n) is 2.86. The van der Waals surface area contributed by atoms with E-state index < -0.39 is 11.9 Å². The summed E-state index contributed by atoms with van der Waals surface area (Å²) in [5.41, 5.74) is -0.279. The van der Waals surface area contributed by atoms with Gasteiger partial charge in [0.25, 0.3) is 0 Å². The van der Waals surface area contributed by atoms with Crippen molar-refractivity contribution in [1.82, 2.24) is 4.90 Å².